The average molecular weight is 290 g/mol. The zero-order valence-corrected chi connectivity index (χ0v) is 11.7. The molecule has 3 nitrogen and oxygen atoms in total. The maximum absolute atomic E-state index is 11.3. The summed E-state index contributed by atoms with van der Waals surface area (Å²) in [5.74, 6) is -0.700. The number of benzene rings is 3. The molecule has 3 rings (SSSR count). The van der Waals surface area contributed by atoms with Crippen LogP contribution in [0.15, 0.2) is 72.8 Å². The summed E-state index contributed by atoms with van der Waals surface area (Å²) in [7, 11) is 0. The van der Waals surface area contributed by atoms with E-state index in [1.54, 1.807) is 30.3 Å². The predicted molar refractivity (Wildman–Crippen MR) is 85.9 cm³/mol. The van der Waals surface area contributed by atoms with E-state index in [0.717, 1.165) is 16.7 Å². The zero-order valence-electron chi connectivity index (χ0n) is 11.7. The normalized spacial score (nSPS) is 10.4. The van der Waals surface area contributed by atoms with Gasteiger partial charge in [-0.15, -0.1) is 0 Å². The first kappa shape index (κ1) is 13.9. The van der Waals surface area contributed by atoms with Crippen LogP contribution in [0.1, 0.15) is 10.4 Å². The van der Waals surface area contributed by atoms with E-state index in [-0.39, 0.29) is 5.75 Å². The summed E-state index contributed by atoms with van der Waals surface area (Å²) >= 11 is 0. The third-order valence-electron chi connectivity index (χ3n) is 3.55. The van der Waals surface area contributed by atoms with E-state index in [4.69, 9.17) is 0 Å². The first-order valence-corrected chi connectivity index (χ1v) is 6.87. The molecule has 3 aromatic carbocycles. The van der Waals surface area contributed by atoms with Gasteiger partial charge < -0.3 is 10.2 Å². The first-order valence-electron chi connectivity index (χ1n) is 6.87. The van der Waals surface area contributed by atoms with Crippen molar-refractivity contribution in [2.75, 3.05) is 0 Å². The molecule has 0 radical (unpaired) electrons. The number of aromatic carboxylic acids is 1. The average Bonchev–Trinajstić information content (AvgIpc) is 2.56. The molecule has 0 saturated heterocycles. The Hall–Kier alpha value is -3.07. The van der Waals surface area contributed by atoms with Gasteiger partial charge in [0.2, 0.25) is 0 Å². The summed E-state index contributed by atoms with van der Waals surface area (Å²) in [4.78, 5) is 11.3. The standard InChI is InChI=1S/C19H14O3/c20-16-11-9-14(10-12-16)13-5-7-15(8-6-13)17-3-1-2-4-18(17)19(21)22/h1-12,20H,(H,21,22). The number of carboxylic acids is 1. The molecule has 0 unspecified atom stereocenters. The smallest absolute Gasteiger partial charge is 0.336 e. The van der Waals surface area contributed by atoms with Crippen LogP contribution in [0.2, 0.25) is 0 Å². The topological polar surface area (TPSA) is 57.5 Å². The second-order valence-corrected chi connectivity index (χ2v) is 4.97. The highest BCUT2D eigenvalue weighted by Gasteiger charge is 2.10. The molecule has 0 fully saturated rings. The van der Waals surface area contributed by atoms with Gasteiger partial charge in [-0.1, -0.05) is 54.6 Å². The SMILES string of the molecule is O=C(O)c1ccccc1-c1ccc(-c2ccc(O)cc2)cc1. The Kier molecular flexibility index (Phi) is 3.62. The van der Waals surface area contributed by atoms with Gasteiger partial charge in [-0.2, -0.15) is 0 Å². The summed E-state index contributed by atoms with van der Waals surface area (Å²) in [6.07, 6.45) is 0. The molecule has 108 valence electrons. The Morgan fingerprint density at radius 1 is 0.682 bits per heavy atom. The largest absolute Gasteiger partial charge is 0.508 e. The lowest BCUT2D eigenvalue weighted by atomic mass is 9.97. The molecule has 0 spiro atoms. The van der Waals surface area contributed by atoms with Crippen molar-refractivity contribution >= 4 is 5.97 Å². The number of rotatable bonds is 3. The third-order valence-corrected chi connectivity index (χ3v) is 3.55. The van der Waals surface area contributed by atoms with Gasteiger partial charge >= 0.3 is 5.97 Å². The number of phenols is 1. The van der Waals surface area contributed by atoms with Crippen molar-refractivity contribution in [2.45, 2.75) is 0 Å². The van der Waals surface area contributed by atoms with Crippen molar-refractivity contribution in [1.82, 2.24) is 0 Å². The lowest BCUT2D eigenvalue weighted by molar-refractivity contribution is 0.0697. The van der Waals surface area contributed by atoms with Crippen molar-refractivity contribution in [3.8, 4) is 28.0 Å². The Labute approximate surface area is 128 Å². The van der Waals surface area contributed by atoms with Crippen LogP contribution in [-0.2, 0) is 0 Å². The fourth-order valence-electron chi connectivity index (χ4n) is 2.42. The van der Waals surface area contributed by atoms with Crippen molar-refractivity contribution in [3.63, 3.8) is 0 Å². The van der Waals surface area contributed by atoms with Crippen molar-refractivity contribution in [1.29, 1.82) is 0 Å². The Morgan fingerprint density at radius 2 is 1.18 bits per heavy atom. The van der Waals surface area contributed by atoms with Crippen LogP contribution in [0, 0.1) is 0 Å². The summed E-state index contributed by atoms with van der Waals surface area (Å²) in [6, 6.07) is 21.6. The molecule has 3 heteroatoms. The number of hydrogen-bond acceptors (Lipinski definition) is 2. The van der Waals surface area contributed by atoms with Crippen molar-refractivity contribution in [3.05, 3.63) is 78.4 Å². The molecular formula is C19H14O3. The van der Waals surface area contributed by atoms with E-state index in [1.165, 1.54) is 0 Å². The van der Waals surface area contributed by atoms with Crippen molar-refractivity contribution < 1.29 is 15.0 Å². The quantitative estimate of drug-likeness (QED) is 0.750. The molecule has 0 atom stereocenters. The van der Waals surface area contributed by atoms with E-state index in [2.05, 4.69) is 0 Å². The van der Waals surface area contributed by atoms with E-state index in [1.807, 2.05) is 42.5 Å². The molecule has 0 heterocycles. The van der Waals surface area contributed by atoms with E-state index in [0.29, 0.717) is 11.1 Å². The van der Waals surface area contributed by atoms with Gasteiger partial charge in [0.1, 0.15) is 5.75 Å². The van der Waals surface area contributed by atoms with Gasteiger partial charge in [0.25, 0.3) is 0 Å². The Bertz CT molecular complexity index is 803. The molecule has 0 aliphatic carbocycles. The molecule has 2 N–H and O–H groups in total. The lowest BCUT2D eigenvalue weighted by Crippen LogP contribution is -1.98. The fourth-order valence-corrected chi connectivity index (χ4v) is 2.42. The van der Waals surface area contributed by atoms with Crippen LogP contribution in [0.5, 0.6) is 5.75 Å². The lowest BCUT2D eigenvalue weighted by Gasteiger charge is -2.08. The summed E-state index contributed by atoms with van der Waals surface area (Å²) in [6.45, 7) is 0. The van der Waals surface area contributed by atoms with Crippen molar-refractivity contribution in [2.24, 2.45) is 0 Å². The minimum atomic E-state index is -0.932. The molecule has 0 aliphatic rings. The number of carbonyl (C=O) groups is 1. The van der Waals surface area contributed by atoms with Gasteiger partial charge in [0, 0.05) is 0 Å². The van der Waals surface area contributed by atoms with E-state index >= 15 is 0 Å². The molecule has 0 bridgehead atoms. The summed E-state index contributed by atoms with van der Waals surface area (Å²) in [5.41, 5.74) is 3.86. The predicted octanol–water partition coefficient (Wildman–Crippen LogP) is 4.42. The molecule has 3 aromatic rings. The third kappa shape index (κ3) is 2.69. The van der Waals surface area contributed by atoms with Gasteiger partial charge in [-0.3, -0.25) is 0 Å². The second kappa shape index (κ2) is 5.74. The minimum absolute atomic E-state index is 0.232. The molecule has 0 saturated carbocycles. The monoisotopic (exact) mass is 290 g/mol. The number of hydrogen-bond donors (Lipinski definition) is 2. The number of aromatic hydroxyl groups is 1. The van der Waals surface area contributed by atoms with E-state index in [9.17, 15) is 15.0 Å². The van der Waals surface area contributed by atoms with Gasteiger partial charge in [-0.25, -0.2) is 4.79 Å². The second-order valence-electron chi connectivity index (χ2n) is 4.97. The maximum Gasteiger partial charge on any atom is 0.336 e. The molecule has 0 aromatic heterocycles. The summed E-state index contributed by atoms with van der Waals surface area (Å²) < 4.78 is 0. The Morgan fingerprint density at radius 3 is 1.77 bits per heavy atom. The first-order chi connectivity index (χ1) is 10.6. The number of phenolic OH excluding ortho intramolecular Hbond substituents is 1. The van der Waals surface area contributed by atoms with Gasteiger partial charge in [0.05, 0.1) is 5.56 Å². The van der Waals surface area contributed by atoms with Gasteiger partial charge in [-0.05, 0) is 40.5 Å². The fraction of sp³-hybridized carbons (Fsp3) is 0. The molecular weight excluding hydrogens is 276 g/mol. The van der Waals surface area contributed by atoms with Crippen LogP contribution in [-0.4, -0.2) is 16.2 Å². The maximum atomic E-state index is 11.3. The van der Waals surface area contributed by atoms with Crippen LogP contribution < -0.4 is 0 Å². The van der Waals surface area contributed by atoms with E-state index < -0.39 is 5.97 Å². The highest BCUT2D eigenvalue weighted by molar-refractivity contribution is 5.96. The summed E-state index contributed by atoms with van der Waals surface area (Å²) in [5, 5.41) is 18.6. The number of carboxylic acid groups (broad SMARTS) is 1. The highest BCUT2D eigenvalue weighted by Crippen LogP contribution is 2.28. The van der Waals surface area contributed by atoms with Crippen LogP contribution in [0.25, 0.3) is 22.3 Å². The molecule has 22 heavy (non-hydrogen) atoms. The van der Waals surface area contributed by atoms with Gasteiger partial charge in [0.15, 0.2) is 0 Å². The van der Waals surface area contributed by atoms with Crippen LogP contribution in [0.4, 0.5) is 0 Å². The Balaban J connectivity index is 1.98. The molecule has 0 aliphatic heterocycles. The van der Waals surface area contributed by atoms with Crippen LogP contribution >= 0.6 is 0 Å². The minimum Gasteiger partial charge on any atom is -0.508 e. The molecule has 0 amide bonds. The van der Waals surface area contributed by atoms with Crippen LogP contribution in [0.3, 0.4) is 0 Å². The highest BCUT2D eigenvalue weighted by atomic mass is 16.4. The zero-order chi connectivity index (χ0) is 15.5.